The molecule has 0 aliphatic heterocycles. The van der Waals surface area contributed by atoms with Crippen molar-refractivity contribution in [2.45, 2.75) is 143 Å². The molecule has 0 radical (unpaired) electrons. The van der Waals surface area contributed by atoms with E-state index in [0.717, 1.165) is 50.9 Å². The average Bonchev–Trinajstić information content (AvgIpc) is 3.92. The van der Waals surface area contributed by atoms with E-state index in [4.69, 9.17) is 0 Å². The molecule has 0 aliphatic rings. The van der Waals surface area contributed by atoms with Crippen LogP contribution in [0.3, 0.4) is 0 Å². The Morgan fingerprint density at radius 1 is 0.491 bits per heavy atom. The third-order valence-corrected chi connectivity index (χ3v) is 16.6. The molecule has 9 heteroatoms. The third kappa shape index (κ3) is 22.2. The fraction of sp³-hybridized carbons (Fsp3) is 0.522. The predicted octanol–water partition coefficient (Wildman–Crippen LogP) is 15.1. The van der Waals surface area contributed by atoms with E-state index in [2.05, 4.69) is 75.1 Å². The normalized spacial score (nSPS) is 10.8. The van der Waals surface area contributed by atoms with E-state index in [0.29, 0.717) is 11.4 Å². The maximum atomic E-state index is 14.2. The van der Waals surface area contributed by atoms with Crippen LogP contribution in [0, 0.1) is 35.4 Å². The van der Waals surface area contributed by atoms with E-state index >= 15 is 0 Å². The van der Waals surface area contributed by atoms with Gasteiger partial charge in [0.25, 0.3) is 0 Å². The van der Waals surface area contributed by atoms with Gasteiger partial charge in [0, 0.05) is 23.3 Å². The van der Waals surface area contributed by atoms with Crippen LogP contribution in [0.4, 0.5) is 28.9 Å². The van der Waals surface area contributed by atoms with Gasteiger partial charge < -0.3 is 9.13 Å². The van der Waals surface area contributed by atoms with Crippen LogP contribution in [-0.4, -0.2) is 29.6 Å². The molecule has 0 unspecified atom stereocenters. The SMILES string of the molecule is CCCCCC[Si](C)(C)N(CCCC)c1ccc(F)[c-]c1F.CCCCCC[Si](C)(C)N(CCCC)c1ccc(F)[c-]c1F.[Ti+4].c1cc[cH-]c1.c1cc[cH-]c1. The number of hydrogen-bond donors (Lipinski definition) is 0. The Morgan fingerprint density at radius 3 is 1.07 bits per heavy atom. The second-order valence-corrected chi connectivity index (χ2v) is 24.5. The summed E-state index contributed by atoms with van der Waals surface area (Å²) >= 11 is 0. The van der Waals surface area contributed by atoms with E-state index in [1.54, 1.807) is 12.1 Å². The van der Waals surface area contributed by atoms with E-state index in [1.165, 1.54) is 63.5 Å². The topological polar surface area (TPSA) is 6.48 Å². The van der Waals surface area contributed by atoms with Crippen molar-refractivity contribution in [1.29, 1.82) is 0 Å². The van der Waals surface area contributed by atoms with Crippen molar-refractivity contribution in [1.82, 2.24) is 0 Å². The summed E-state index contributed by atoms with van der Waals surface area (Å²) < 4.78 is 59.1. The number of benzene rings is 2. The van der Waals surface area contributed by atoms with Gasteiger partial charge in [0.2, 0.25) is 0 Å². The van der Waals surface area contributed by atoms with Crippen molar-refractivity contribution >= 4 is 27.8 Å². The molecule has 4 aromatic carbocycles. The average molecular weight is 831 g/mol. The van der Waals surface area contributed by atoms with Crippen molar-refractivity contribution in [3.8, 4) is 0 Å². The van der Waals surface area contributed by atoms with Crippen LogP contribution >= 0.6 is 0 Å². The van der Waals surface area contributed by atoms with Gasteiger partial charge in [-0.3, -0.25) is 0 Å². The van der Waals surface area contributed by atoms with Crippen LogP contribution in [0.2, 0.25) is 38.3 Å². The van der Waals surface area contributed by atoms with Crippen molar-refractivity contribution in [2.24, 2.45) is 0 Å². The van der Waals surface area contributed by atoms with Gasteiger partial charge in [0.05, 0.1) is 0 Å². The molecule has 0 spiro atoms. The molecule has 0 atom stereocenters. The fourth-order valence-electron chi connectivity index (χ4n) is 6.30. The Labute approximate surface area is 350 Å². The molecule has 4 rings (SSSR count). The Morgan fingerprint density at radius 2 is 0.818 bits per heavy atom. The molecule has 0 heterocycles. The molecular weight excluding hydrogens is 761 g/mol. The summed E-state index contributed by atoms with van der Waals surface area (Å²) in [5.41, 5.74) is 1.06. The van der Waals surface area contributed by atoms with Crippen molar-refractivity contribution in [2.75, 3.05) is 22.2 Å². The monoisotopic (exact) mass is 830 g/mol. The molecule has 55 heavy (non-hydrogen) atoms. The van der Waals surface area contributed by atoms with Crippen LogP contribution in [0.25, 0.3) is 0 Å². The second-order valence-electron chi connectivity index (χ2n) is 15.2. The zero-order valence-corrected chi connectivity index (χ0v) is 38.9. The first-order valence-electron chi connectivity index (χ1n) is 20.5. The first kappa shape index (κ1) is 52.6. The number of halogens is 4. The van der Waals surface area contributed by atoms with E-state index in [1.807, 2.05) is 60.7 Å². The Kier molecular flexibility index (Phi) is 29.4. The zero-order chi connectivity index (χ0) is 40.2. The van der Waals surface area contributed by atoms with Crippen LogP contribution in [0.15, 0.2) is 84.9 Å². The predicted molar refractivity (Wildman–Crippen MR) is 232 cm³/mol. The maximum absolute atomic E-state index is 14.2. The summed E-state index contributed by atoms with van der Waals surface area (Å²) in [5.74, 6) is -2.35. The molecule has 0 bridgehead atoms. The van der Waals surface area contributed by atoms with Gasteiger partial charge in [0.1, 0.15) is 16.5 Å². The molecule has 0 saturated carbocycles. The molecule has 304 valence electrons. The molecule has 0 amide bonds. The molecule has 0 saturated heterocycles. The summed E-state index contributed by atoms with van der Waals surface area (Å²) in [4.78, 5) is 0. The Balaban J connectivity index is 0.000000828. The van der Waals surface area contributed by atoms with Crippen molar-refractivity contribution in [3.05, 3.63) is 120 Å². The smallest absolute Gasteiger partial charge is 0.449 e. The van der Waals surface area contributed by atoms with Crippen LogP contribution in [-0.2, 0) is 21.7 Å². The number of anilines is 2. The number of nitrogens with zero attached hydrogens (tertiary/aromatic N) is 2. The first-order valence-corrected chi connectivity index (χ1v) is 26.8. The van der Waals surface area contributed by atoms with Gasteiger partial charge in [-0.05, 0) is 49.4 Å². The summed E-state index contributed by atoms with van der Waals surface area (Å²) in [5, 5.41) is 0. The molecule has 4 aromatic rings. The third-order valence-electron chi connectivity index (χ3n) is 9.59. The van der Waals surface area contributed by atoms with Gasteiger partial charge in [0.15, 0.2) is 0 Å². The Bertz CT molecular complexity index is 1300. The number of unbranched alkanes of at least 4 members (excludes halogenated alkanes) is 8. The van der Waals surface area contributed by atoms with E-state index in [-0.39, 0.29) is 21.7 Å². The minimum atomic E-state index is -1.76. The first-order chi connectivity index (χ1) is 25.8. The van der Waals surface area contributed by atoms with Gasteiger partial charge in [-0.2, -0.15) is 36.4 Å². The van der Waals surface area contributed by atoms with Crippen LogP contribution in [0.1, 0.15) is 105 Å². The maximum Gasteiger partial charge on any atom is 4.00 e. The molecule has 2 nitrogen and oxygen atoms in total. The van der Waals surface area contributed by atoms with Crippen LogP contribution < -0.4 is 9.13 Å². The molecule has 0 fully saturated rings. The number of hydrogen-bond acceptors (Lipinski definition) is 2. The molecule has 0 aliphatic carbocycles. The second kappa shape index (κ2) is 30.7. The summed E-state index contributed by atoms with van der Waals surface area (Å²) in [6, 6.07) is 32.5. The Hall–Kier alpha value is -2.39. The standard InChI is InChI=1S/2C18H30F2NSi.2C5H5.Ti/c2*1-5-7-9-10-14-22(3,4)21(13-8-6-2)18-12-11-16(19)15-17(18)20;2*1-2-4-5-3-1;/h2*11-12H,5-10,13-14H2,1-4H3;2*1-5H;/q4*-1;+4. The van der Waals surface area contributed by atoms with Crippen molar-refractivity contribution < 1.29 is 39.3 Å². The quantitative estimate of drug-likeness (QED) is 0.0379. The van der Waals surface area contributed by atoms with Gasteiger partial charge in [-0.25, -0.2) is 41.8 Å². The van der Waals surface area contributed by atoms with Crippen LogP contribution in [0.5, 0.6) is 0 Å². The van der Waals surface area contributed by atoms with E-state index in [9.17, 15) is 17.6 Å². The minimum absolute atomic E-state index is 0. The summed E-state index contributed by atoms with van der Waals surface area (Å²) in [7, 11) is -3.52. The van der Waals surface area contributed by atoms with Gasteiger partial charge in [-0.15, -0.1) is 36.4 Å². The zero-order valence-electron chi connectivity index (χ0n) is 35.3. The van der Waals surface area contributed by atoms with Gasteiger partial charge >= 0.3 is 21.7 Å². The fourth-order valence-corrected chi connectivity index (χ4v) is 12.2. The van der Waals surface area contributed by atoms with E-state index < -0.39 is 39.7 Å². The number of rotatable bonds is 20. The summed E-state index contributed by atoms with van der Waals surface area (Å²) in [6.07, 6.45) is 14.1. The van der Waals surface area contributed by atoms with Crippen molar-refractivity contribution in [3.63, 3.8) is 0 Å². The summed E-state index contributed by atoms with van der Waals surface area (Å²) in [6.45, 7) is 19.5. The van der Waals surface area contributed by atoms with Gasteiger partial charge in [-0.1, -0.05) is 118 Å². The minimum Gasteiger partial charge on any atom is -0.449 e. The largest absolute Gasteiger partial charge is 4.00 e. The molecule has 0 N–H and O–H groups in total. The molecule has 0 aromatic heterocycles. The molecular formula is C46H70F4N2Si2Ti.